The van der Waals surface area contributed by atoms with Gasteiger partial charge >= 0.3 is 0 Å². The van der Waals surface area contributed by atoms with Gasteiger partial charge in [0.1, 0.15) is 5.75 Å². The summed E-state index contributed by atoms with van der Waals surface area (Å²) in [5.74, 6) is 0.833. The lowest BCUT2D eigenvalue weighted by Crippen LogP contribution is -2.56. The fourth-order valence-electron chi connectivity index (χ4n) is 2.22. The number of carbonyl (C=O) groups is 1. The van der Waals surface area contributed by atoms with Crippen LogP contribution in [0.3, 0.4) is 0 Å². The summed E-state index contributed by atoms with van der Waals surface area (Å²) in [6.45, 7) is 0.572. The number of carbonyl (C=O) groups excluding carboxylic acids is 1. The fourth-order valence-corrected chi connectivity index (χ4v) is 2.22. The van der Waals surface area contributed by atoms with Gasteiger partial charge < -0.3 is 15.2 Å². The van der Waals surface area contributed by atoms with Crippen molar-refractivity contribution in [2.24, 2.45) is 0 Å². The smallest absolute Gasteiger partial charge is 0.220 e. The van der Waals surface area contributed by atoms with Crippen LogP contribution in [0.1, 0.15) is 32.1 Å². The van der Waals surface area contributed by atoms with E-state index in [0.717, 1.165) is 25.0 Å². The molecule has 2 N–H and O–H groups in total. The lowest BCUT2D eigenvalue weighted by atomic mass is 9.77. The van der Waals surface area contributed by atoms with E-state index >= 15 is 0 Å². The molecule has 1 saturated carbocycles. The van der Waals surface area contributed by atoms with E-state index in [1.54, 1.807) is 0 Å². The predicted octanol–water partition coefficient (Wildman–Crippen LogP) is 1.88. The second kappa shape index (κ2) is 6.57. The Morgan fingerprint density at radius 1 is 1.32 bits per heavy atom. The molecule has 0 unspecified atom stereocenters. The standard InChI is InChI=1S/C15H21NO3/c17-12-15(9-5-10-15)16-14(18)8-4-11-19-13-6-2-1-3-7-13/h1-3,6-7,17H,4-5,8-12H2,(H,16,18). The summed E-state index contributed by atoms with van der Waals surface area (Å²) in [7, 11) is 0. The Hall–Kier alpha value is -1.55. The fraction of sp³-hybridized carbons (Fsp3) is 0.533. The van der Waals surface area contributed by atoms with Crippen molar-refractivity contribution >= 4 is 5.91 Å². The molecule has 0 aromatic heterocycles. The first-order valence-corrected chi connectivity index (χ1v) is 6.84. The number of nitrogens with one attached hydrogen (secondary N) is 1. The van der Waals surface area contributed by atoms with Crippen molar-refractivity contribution in [2.75, 3.05) is 13.2 Å². The van der Waals surface area contributed by atoms with E-state index < -0.39 is 0 Å². The zero-order chi connectivity index (χ0) is 13.6. The SMILES string of the molecule is O=C(CCCOc1ccccc1)NC1(CO)CCC1. The van der Waals surface area contributed by atoms with Crippen LogP contribution >= 0.6 is 0 Å². The van der Waals surface area contributed by atoms with Crippen LogP contribution < -0.4 is 10.1 Å². The number of para-hydroxylation sites is 1. The minimum absolute atomic E-state index is 0.00501. The van der Waals surface area contributed by atoms with Crippen molar-refractivity contribution in [3.63, 3.8) is 0 Å². The molecule has 19 heavy (non-hydrogen) atoms. The molecule has 2 rings (SSSR count). The summed E-state index contributed by atoms with van der Waals surface area (Å²) >= 11 is 0. The van der Waals surface area contributed by atoms with Crippen LogP contribution in [0.15, 0.2) is 30.3 Å². The molecule has 0 bridgehead atoms. The van der Waals surface area contributed by atoms with E-state index in [1.807, 2.05) is 30.3 Å². The number of aliphatic hydroxyl groups is 1. The molecular weight excluding hydrogens is 242 g/mol. The third-order valence-electron chi connectivity index (χ3n) is 3.58. The summed E-state index contributed by atoms with van der Waals surface area (Å²) in [5, 5.41) is 12.2. The molecule has 1 amide bonds. The van der Waals surface area contributed by atoms with Crippen molar-refractivity contribution in [3.8, 4) is 5.75 Å². The first kappa shape index (κ1) is 13.9. The third kappa shape index (κ3) is 3.96. The first-order valence-electron chi connectivity index (χ1n) is 6.84. The molecule has 0 radical (unpaired) electrons. The summed E-state index contributed by atoms with van der Waals surface area (Å²) < 4.78 is 5.52. The number of benzene rings is 1. The predicted molar refractivity (Wildman–Crippen MR) is 73.0 cm³/mol. The van der Waals surface area contributed by atoms with Gasteiger partial charge in [-0.15, -0.1) is 0 Å². The zero-order valence-corrected chi connectivity index (χ0v) is 11.1. The van der Waals surface area contributed by atoms with E-state index in [2.05, 4.69) is 5.32 Å². The monoisotopic (exact) mass is 263 g/mol. The molecule has 1 aliphatic carbocycles. The van der Waals surface area contributed by atoms with Gasteiger partial charge in [-0.25, -0.2) is 0 Å². The average molecular weight is 263 g/mol. The van der Waals surface area contributed by atoms with Gasteiger partial charge in [0, 0.05) is 6.42 Å². The van der Waals surface area contributed by atoms with Crippen molar-refractivity contribution in [3.05, 3.63) is 30.3 Å². The molecule has 1 aromatic carbocycles. The lowest BCUT2D eigenvalue weighted by Gasteiger charge is -2.41. The molecule has 0 saturated heterocycles. The van der Waals surface area contributed by atoms with E-state index in [9.17, 15) is 9.90 Å². The topological polar surface area (TPSA) is 58.6 Å². The molecule has 0 heterocycles. The highest BCUT2D eigenvalue weighted by Crippen LogP contribution is 2.31. The third-order valence-corrected chi connectivity index (χ3v) is 3.58. The number of hydrogen-bond acceptors (Lipinski definition) is 3. The number of ether oxygens (including phenoxy) is 1. The van der Waals surface area contributed by atoms with Crippen molar-refractivity contribution < 1.29 is 14.6 Å². The van der Waals surface area contributed by atoms with Crippen LogP contribution in [0.25, 0.3) is 0 Å². The maximum atomic E-state index is 11.7. The maximum absolute atomic E-state index is 11.7. The van der Waals surface area contributed by atoms with E-state index in [0.29, 0.717) is 19.4 Å². The maximum Gasteiger partial charge on any atom is 0.220 e. The van der Waals surface area contributed by atoms with Gasteiger partial charge in [-0.05, 0) is 37.8 Å². The van der Waals surface area contributed by atoms with Gasteiger partial charge in [-0.1, -0.05) is 18.2 Å². The van der Waals surface area contributed by atoms with Gasteiger partial charge in [0.05, 0.1) is 18.8 Å². The van der Waals surface area contributed by atoms with Crippen molar-refractivity contribution in [1.29, 1.82) is 0 Å². The van der Waals surface area contributed by atoms with Crippen LogP contribution in [0.2, 0.25) is 0 Å². The molecule has 104 valence electrons. The molecule has 0 atom stereocenters. The molecule has 1 fully saturated rings. The summed E-state index contributed by atoms with van der Waals surface area (Å²) in [5.41, 5.74) is -0.336. The Labute approximate surface area is 113 Å². The van der Waals surface area contributed by atoms with Crippen LogP contribution in [-0.2, 0) is 4.79 Å². The van der Waals surface area contributed by atoms with Gasteiger partial charge in [0.25, 0.3) is 0 Å². The minimum Gasteiger partial charge on any atom is -0.494 e. The quantitative estimate of drug-likeness (QED) is 0.738. The molecule has 1 aromatic rings. The van der Waals surface area contributed by atoms with Crippen molar-refractivity contribution in [2.45, 2.75) is 37.6 Å². The number of hydrogen-bond donors (Lipinski definition) is 2. The van der Waals surface area contributed by atoms with Gasteiger partial charge in [-0.3, -0.25) is 4.79 Å². The Bertz CT molecular complexity index is 396. The normalized spacial score (nSPS) is 16.5. The first-order chi connectivity index (χ1) is 9.24. The molecule has 4 heteroatoms. The number of amides is 1. The summed E-state index contributed by atoms with van der Waals surface area (Å²) in [4.78, 5) is 11.7. The molecular formula is C15H21NO3. The highest BCUT2D eigenvalue weighted by atomic mass is 16.5. The van der Waals surface area contributed by atoms with Gasteiger partial charge in [0.15, 0.2) is 0 Å². The molecule has 4 nitrogen and oxygen atoms in total. The minimum atomic E-state index is -0.336. The van der Waals surface area contributed by atoms with Crippen LogP contribution in [0.4, 0.5) is 0 Å². The van der Waals surface area contributed by atoms with Gasteiger partial charge in [-0.2, -0.15) is 0 Å². The van der Waals surface area contributed by atoms with Gasteiger partial charge in [0.2, 0.25) is 5.91 Å². The van der Waals surface area contributed by atoms with Crippen LogP contribution in [0.5, 0.6) is 5.75 Å². The largest absolute Gasteiger partial charge is 0.494 e. The Kier molecular flexibility index (Phi) is 4.80. The second-order valence-electron chi connectivity index (χ2n) is 5.11. The Balaban J connectivity index is 1.62. The molecule has 1 aliphatic rings. The van der Waals surface area contributed by atoms with E-state index in [-0.39, 0.29) is 18.1 Å². The van der Waals surface area contributed by atoms with E-state index in [1.165, 1.54) is 0 Å². The zero-order valence-electron chi connectivity index (χ0n) is 11.1. The molecule has 0 aliphatic heterocycles. The number of aliphatic hydroxyl groups excluding tert-OH is 1. The lowest BCUT2D eigenvalue weighted by molar-refractivity contribution is -0.125. The van der Waals surface area contributed by atoms with Crippen LogP contribution in [0, 0.1) is 0 Å². The summed E-state index contributed by atoms with van der Waals surface area (Å²) in [6.07, 6.45) is 3.97. The average Bonchev–Trinajstić information content (AvgIpc) is 2.40. The highest BCUT2D eigenvalue weighted by molar-refractivity contribution is 5.76. The Morgan fingerprint density at radius 2 is 2.05 bits per heavy atom. The van der Waals surface area contributed by atoms with E-state index in [4.69, 9.17) is 4.74 Å². The second-order valence-corrected chi connectivity index (χ2v) is 5.11. The molecule has 0 spiro atoms. The van der Waals surface area contributed by atoms with Crippen LogP contribution in [-0.4, -0.2) is 29.8 Å². The number of rotatable bonds is 7. The summed E-state index contributed by atoms with van der Waals surface area (Å²) in [6, 6.07) is 9.57. The van der Waals surface area contributed by atoms with Crippen molar-refractivity contribution in [1.82, 2.24) is 5.32 Å². The highest BCUT2D eigenvalue weighted by Gasteiger charge is 2.37. The Morgan fingerprint density at radius 3 is 2.63 bits per heavy atom.